The molecule has 9 heteroatoms. The molecule has 0 N–H and O–H groups in total. The summed E-state index contributed by atoms with van der Waals surface area (Å²) in [5, 5.41) is 9.43. The highest BCUT2D eigenvalue weighted by atomic mass is 32.2. The van der Waals surface area contributed by atoms with Gasteiger partial charge in [-0.2, -0.15) is 0 Å². The largest absolute Gasteiger partial charge is 0.186 e. The van der Waals surface area contributed by atoms with Gasteiger partial charge in [0.1, 0.15) is 70.2 Å². The summed E-state index contributed by atoms with van der Waals surface area (Å²) < 4.78 is 1.45. The predicted molar refractivity (Wildman–Crippen MR) is 600 cm³/mol. The zero-order valence-corrected chi connectivity index (χ0v) is 85.7. The molecule has 0 saturated carbocycles. The molecule has 1 aromatic heterocycles. The molecule has 22 rings (SSSR count). The standard InChI is InChI=1S/C20H19S.C19H17S.C15H17S.C14H15S.C14H11S.C13H13S.C11H15S.C10H13S.C8H11S/c1-16-13-17(2)15-20(14-16)21(18-9-5-3-6-10-18)19-11-7-4-8-12-19;1-16-9-8-14-19(15-16)20(17-10-4-2-5-11-17)18-12-6-3-7-13-18;1-4-11-16(12-5-1)15-10-6-8-13-7-2-3-9-14(13)15;1-2-8-13-12(6-1)7-5-9-14(13)15-10-3-4-11-15;1-2-7-13(8-3-1)15-11-10-12-6-4-5-9-14(12)15;1-14(12-8-4-2-5-9-12)13-10-6-3-7-11-13;1-3-7-11(8-4-1)12-9-5-2-6-10-12;1-2-6-10(7-3-1)11-8-4-5-9-11;1-9(2)8-6-4-3-5-7-8/h3-15H,1-2H3;2-15H,1H3;2-3,6-10H,1,4-5,11-12H2;1-2,5-9H,3-4,10-11H2;1-11H;2-11H,1H3;1,3-4,7-8H,2,5-6,9-10H2;1-3,6-7H,4-5,8-9H2;3-7H,1-2H3/q9*+1. The van der Waals surface area contributed by atoms with Crippen molar-refractivity contribution < 1.29 is 0 Å². The van der Waals surface area contributed by atoms with Gasteiger partial charge in [0.2, 0.25) is 0 Å². The summed E-state index contributed by atoms with van der Waals surface area (Å²) in [6.07, 6.45) is 21.1. The number of aryl methyl sites for hydroxylation is 3. The van der Waals surface area contributed by atoms with Crippen LogP contribution in [-0.4, -0.2) is 64.8 Å². The second-order valence-electron chi connectivity index (χ2n) is 33.5. The Bertz CT molecular complexity index is 6150. The van der Waals surface area contributed by atoms with Crippen LogP contribution in [0.4, 0.5) is 0 Å². The van der Waals surface area contributed by atoms with Crippen LogP contribution in [0.5, 0.6) is 0 Å². The van der Waals surface area contributed by atoms with Crippen molar-refractivity contribution in [1.29, 1.82) is 0 Å². The molecule has 18 aromatic rings. The van der Waals surface area contributed by atoms with Crippen molar-refractivity contribution in [1.82, 2.24) is 0 Å². The van der Waals surface area contributed by atoms with Crippen LogP contribution in [0.2, 0.25) is 0 Å². The average molecular weight is 1910 g/mol. The smallest absolute Gasteiger partial charge is 0.0619 e. The molecule has 5 heterocycles. The summed E-state index contributed by atoms with van der Waals surface area (Å²) in [5.41, 5.74) is 3.97. The highest BCUT2D eigenvalue weighted by Gasteiger charge is 2.33. The number of rotatable bonds is 14. The maximum Gasteiger partial charge on any atom is 0.186 e. The Hall–Kier alpha value is -9.98. The first kappa shape index (κ1) is 99.0. The molecule has 4 aliphatic heterocycles. The summed E-state index contributed by atoms with van der Waals surface area (Å²) >= 11 is 0. The van der Waals surface area contributed by atoms with E-state index in [4.69, 9.17) is 0 Å². The molecule has 1 unspecified atom stereocenters. The van der Waals surface area contributed by atoms with E-state index < -0.39 is 0 Å². The highest BCUT2D eigenvalue weighted by Crippen LogP contribution is 2.40. The fraction of sp³-hybridized carbons (Fsp3) is 0.194. The van der Waals surface area contributed by atoms with Gasteiger partial charge in [-0.1, -0.05) is 273 Å². The van der Waals surface area contributed by atoms with Crippen molar-refractivity contribution in [3.05, 3.63) is 483 Å². The van der Waals surface area contributed by atoms with Crippen molar-refractivity contribution in [2.75, 3.05) is 64.8 Å². The summed E-state index contributed by atoms with van der Waals surface area (Å²) in [5.74, 6) is 11.4. The van der Waals surface area contributed by atoms with Crippen molar-refractivity contribution in [2.45, 2.75) is 149 Å². The van der Waals surface area contributed by atoms with Crippen LogP contribution >= 0.6 is 10.5 Å². The van der Waals surface area contributed by atoms with E-state index in [1.54, 1.807) is 19.6 Å². The quantitative estimate of drug-likeness (QED) is 0.0952. The van der Waals surface area contributed by atoms with E-state index >= 15 is 0 Å². The first-order valence-electron chi connectivity index (χ1n) is 47.1. The molecule has 0 aliphatic carbocycles. The zero-order chi connectivity index (χ0) is 91.7. The molecule has 4 saturated heterocycles. The second-order valence-corrected chi connectivity index (χ2v) is 52.5. The highest BCUT2D eigenvalue weighted by molar-refractivity contribution is 7.99. The van der Waals surface area contributed by atoms with Crippen molar-refractivity contribution in [2.24, 2.45) is 0 Å². The SMILES string of the molecule is C[S+](C)c1ccccc1.C[S+](c1ccccc1)c1ccccc1.Cc1cc(C)cc([S+](c2ccccc2)c2ccccc2)c1.Cc1cccc([S+](c2ccccc2)c2ccccc2)c1.c1ccc(-[s+]2ccc3ccccc32)cc1.c1ccc([S+]2CCCC2)cc1.c1ccc([S+]2CCCCC2)cc1.c1ccc2c([S+]3CCCC3)cccc2c1.c1ccc2c([S+]3CCCCC3)cccc2c1. The summed E-state index contributed by atoms with van der Waals surface area (Å²) in [7, 11) is 2.97. The van der Waals surface area contributed by atoms with E-state index in [1.807, 2.05) is 0 Å². The van der Waals surface area contributed by atoms with E-state index in [2.05, 4.69) is 506 Å². The van der Waals surface area contributed by atoms with Gasteiger partial charge in [0.15, 0.2) is 73.2 Å². The maximum atomic E-state index is 2.34. The van der Waals surface area contributed by atoms with Crippen LogP contribution in [0.3, 0.4) is 0 Å². The molecule has 4 fully saturated rings. The maximum absolute atomic E-state index is 2.34. The fourth-order valence-corrected chi connectivity index (χ4v) is 34.9. The Morgan fingerprint density at radius 3 is 0.842 bits per heavy atom. The number of thiophene rings is 1. The van der Waals surface area contributed by atoms with Crippen LogP contribution in [0.1, 0.15) is 80.9 Å². The van der Waals surface area contributed by atoms with E-state index in [9.17, 15) is 0 Å². The van der Waals surface area contributed by atoms with Crippen LogP contribution in [-0.2, 0) is 87.2 Å². The molecule has 0 radical (unpaired) electrons. The third-order valence-corrected chi connectivity index (χ3v) is 43.1. The van der Waals surface area contributed by atoms with E-state index in [0.29, 0.717) is 54.5 Å². The number of hydrogen-bond donors (Lipinski definition) is 0. The normalized spacial score (nSPS) is 13.8. The van der Waals surface area contributed by atoms with Crippen molar-refractivity contribution >= 4 is 129 Å². The van der Waals surface area contributed by atoms with Gasteiger partial charge in [-0.3, -0.25) is 0 Å². The Kier molecular flexibility index (Phi) is 40.6. The molecule has 17 aromatic carbocycles. The third-order valence-electron chi connectivity index (χ3n) is 23.4. The summed E-state index contributed by atoms with van der Waals surface area (Å²) in [6, 6.07) is 165. The molecule has 1 atom stereocenters. The Labute approximate surface area is 822 Å². The van der Waals surface area contributed by atoms with Gasteiger partial charge >= 0.3 is 0 Å². The minimum absolute atomic E-state index is 0.0249. The lowest BCUT2D eigenvalue weighted by Crippen LogP contribution is -2.17. The first-order chi connectivity index (χ1) is 65.5. The monoisotopic (exact) mass is 1910 g/mol. The minimum atomic E-state index is -0.0352. The van der Waals surface area contributed by atoms with Gasteiger partial charge < -0.3 is 0 Å². The lowest BCUT2D eigenvalue weighted by molar-refractivity contribution is 0.756. The van der Waals surface area contributed by atoms with E-state index in [-0.39, 0.29) is 43.2 Å². The lowest BCUT2D eigenvalue weighted by Gasteiger charge is -2.14. The van der Waals surface area contributed by atoms with Crippen LogP contribution < -0.4 is 0 Å². The van der Waals surface area contributed by atoms with Crippen LogP contribution in [0.25, 0.3) is 36.5 Å². The third kappa shape index (κ3) is 30.5. The Balaban J connectivity index is 0.000000121. The Morgan fingerprint density at radius 1 is 0.195 bits per heavy atom. The van der Waals surface area contributed by atoms with Gasteiger partial charge in [0.25, 0.3) is 0 Å². The van der Waals surface area contributed by atoms with Crippen molar-refractivity contribution in [3.8, 4) is 4.90 Å². The van der Waals surface area contributed by atoms with E-state index in [0.717, 1.165) is 0 Å². The number of fused-ring (bicyclic) bond motifs is 3. The molecule has 0 nitrogen and oxygen atoms in total. The molecular weight excluding hydrogens is 1780 g/mol. The minimum Gasteiger partial charge on any atom is -0.0619 e. The fourth-order valence-electron chi connectivity index (χ4n) is 16.7. The van der Waals surface area contributed by atoms with Gasteiger partial charge in [0, 0.05) is 87.2 Å². The first-order valence-corrected chi connectivity index (χ1v) is 60.7. The summed E-state index contributed by atoms with van der Waals surface area (Å²) in [6.45, 7) is 6.50. The average Bonchev–Trinajstić information content (AvgIpc) is 1.76. The summed E-state index contributed by atoms with van der Waals surface area (Å²) in [4.78, 5) is 20.3. The second kappa shape index (κ2) is 54.5. The zero-order valence-electron chi connectivity index (χ0n) is 78.4. The van der Waals surface area contributed by atoms with Gasteiger partial charge in [-0.25, -0.2) is 0 Å². The molecular formula is C124H131S9+9. The van der Waals surface area contributed by atoms with E-state index in [1.165, 1.54) is 208 Å². The molecule has 133 heavy (non-hydrogen) atoms. The number of hydrogen-bond acceptors (Lipinski definition) is 0. The van der Waals surface area contributed by atoms with Gasteiger partial charge in [-0.05, 0) is 294 Å². The molecule has 672 valence electrons. The number of benzene rings is 17. The van der Waals surface area contributed by atoms with Crippen LogP contribution in [0.15, 0.2) is 530 Å². The molecule has 0 amide bonds. The molecule has 0 bridgehead atoms. The van der Waals surface area contributed by atoms with Gasteiger partial charge in [-0.15, -0.1) is 0 Å². The topological polar surface area (TPSA) is 0 Å². The van der Waals surface area contributed by atoms with Gasteiger partial charge in [0.05, 0.1) is 32.7 Å². The van der Waals surface area contributed by atoms with Crippen molar-refractivity contribution in [3.63, 3.8) is 0 Å². The lowest BCUT2D eigenvalue weighted by atomic mass is 10.1. The molecule has 4 aliphatic rings. The Morgan fingerprint density at radius 2 is 0.474 bits per heavy atom. The van der Waals surface area contributed by atoms with Crippen LogP contribution in [0, 0.1) is 20.8 Å². The molecule has 0 spiro atoms. The predicted octanol–water partition coefficient (Wildman–Crippen LogP) is 33.3.